The lowest BCUT2D eigenvalue weighted by molar-refractivity contribution is 0.0505. The number of rotatable bonds is 4. The molecule has 3 heteroatoms. The van der Waals surface area contributed by atoms with Crippen LogP contribution in [-0.2, 0) is 4.74 Å². The summed E-state index contributed by atoms with van der Waals surface area (Å²) in [6.45, 7) is 4.47. The number of hydrogen-bond donors (Lipinski definition) is 0. The summed E-state index contributed by atoms with van der Waals surface area (Å²) >= 11 is 3.66. The maximum absolute atomic E-state index is 5.64. The Kier molecular flexibility index (Phi) is 4.69. The molecule has 23 heavy (non-hydrogen) atoms. The van der Waals surface area contributed by atoms with E-state index in [0.717, 1.165) is 10.2 Å². The van der Waals surface area contributed by atoms with Crippen LogP contribution in [0, 0.1) is 13.8 Å². The molecular formula is C20H19BrO2. The molecule has 0 saturated carbocycles. The topological polar surface area (TPSA) is 18.5 Å². The van der Waals surface area contributed by atoms with Gasteiger partial charge in [-0.1, -0.05) is 36.4 Å². The molecule has 0 bridgehead atoms. The predicted molar refractivity (Wildman–Crippen MR) is 99.1 cm³/mol. The molecule has 0 radical (unpaired) electrons. The van der Waals surface area contributed by atoms with E-state index in [1.165, 1.54) is 33.0 Å². The van der Waals surface area contributed by atoms with Crippen LogP contribution in [0.15, 0.2) is 53.0 Å². The third-order valence-electron chi connectivity index (χ3n) is 4.03. The second-order valence-electron chi connectivity index (χ2n) is 5.62. The Balaban J connectivity index is 2.12. The molecule has 0 unspecified atom stereocenters. The molecule has 3 aromatic carbocycles. The Bertz CT molecular complexity index is 856. The van der Waals surface area contributed by atoms with Crippen LogP contribution in [0.25, 0.3) is 21.9 Å². The molecule has 0 heterocycles. The third kappa shape index (κ3) is 3.12. The number of ether oxygens (including phenoxy) is 2. The largest absolute Gasteiger partial charge is 0.466 e. The van der Waals surface area contributed by atoms with Crippen LogP contribution in [0.5, 0.6) is 5.75 Å². The van der Waals surface area contributed by atoms with Crippen LogP contribution >= 0.6 is 15.9 Å². The minimum Gasteiger partial charge on any atom is -0.466 e. The second-order valence-corrected chi connectivity index (χ2v) is 6.41. The molecule has 0 aliphatic heterocycles. The van der Waals surface area contributed by atoms with Gasteiger partial charge in [-0.25, -0.2) is 0 Å². The number of halogens is 1. The summed E-state index contributed by atoms with van der Waals surface area (Å²) in [6, 6.07) is 17.1. The van der Waals surface area contributed by atoms with Crippen molar-refractivity contribution < 1.29 is 9.47 Å². The fourth-order valence-electron chi connectivity index (χ4n) is 2.94. The van der Waals surface area contributed by atoms with Crippen LogP contribution < -0.4 is 4.74 Å². The van der Waals surface area contributed by atoms with E-state index in [1.54, 1.807) is 7.11 Å². The smallest absolute Gasteiger partial charge is 0.188 e. The van der Waals surface area contributed by atoms with Crippen LogP contribution in [0.4, 0.5) is 0 Å². The molecular weight excluding hydrogens is 352 g/mol. The number of benzene rings is 3. The maximum Gasteiger partial charge on any atom is 0.188 e. The summed E-state index contributed by atoms with van der Waals surface area (Å²) in [5.41, 5.74) is 4.82. The van der Waals surface area contributed by atoms with Crippen molar-refractivity contribution in [1.29, 1.82) is 0 Å². The number of hydrogen-bond acceptors (Lipinski definition) is 2. The van der Waals surface area contributed by atoms with Crippen molar-refractivity contribution in [1.82, 2.24) is 0 Å². The van der Waals surface area contributed by atoms with Gasteiger partial charge >= 0.3 is 0 Å². The Morgan fingerprint density at radius 2 is 1.70 bits per heavy atom. The van der Waals surface area contributed by atoms with Gasteiger partial charge in [0, 0.05) is 7.11 Å². The third-order valence-corrected chi connectivity index (χ3v) is 5.02. The zero-order valence-electron chi connectivity index (χ0n) is 13.5. The molecule has 2 nitrogen and oxygen atoms in total. The SMILES string of the molecule is COCOc1cc(C)c(-c2ccc3ccccc3c2)c(C)c1Br. The molecule has 0 spiro atoms. The summed E-state index contributed by atoms with van der Waals surface area (Å²) in [5.74, 6) is 0.811. The van der Waals surface area contributed by atoms with E-state index >= 15 is 0 Å². The fourth-order valence-corrected chi connectivity index (χ4v) is 3.37. The minimum absolute atomic E-state index is 0.243. The molecule has 0 aromatic heterocycles. The van der Waals surface area contributed by atoms with Crippen molar-refractivity contribution in [2.75, 3.05) is 13.9 Å². The van der Waals surface area contributed by atoms with Gasteiger partial charge in [0.15, 0.2) is 6.79 Å². The first-order chi connectivity index (χ1) is 11.1. The van der Waals surface area contributed by atoms with Crippen molar-refractivity contribution in [3.05, 3.63) is 64.1 Å². The second kappa shape index (κ2) is 6.73. The number of aryl methyl sites for hydroxylation is 1. The molecule has 0 saturated heterocycles. The summed E-state index contributed by atoms with van der Waals surface area (Å²) < 4.78 is 11.6. The summed E-state index contributed by atoms with van der Waals surface area (Å²) in [4.78, 5) is 0. The maximum atomic E-state index is 5.64. The quantitative estimate of drug-likeness (QED) is 0.534. The van der Waals surface area contributed by atoms with Gasteiger partial charge in [-0.3, -0.25) is 0 Å². The molecule has 3 rings (SSSR count). The average Bonchev–Trinajstić information content (AvgIpc) is 2.57. The van der Waals surface area contributed by atoms with Gasteiger partial charge in [0.05, 0.1) is 4.47 Å². The van der Waals surface area contributed by atoms with E-state index in [2.05, 4.69) is 78.3 Å². The molecule has 0 N–H and O–H groups in total. The fraction of sp³-hybridized carbons (Fsp3) is 0.200. The highest BCUT2D eigenvalue weighted by Gasteiger charge is 2.14. The zero-order valence-corrected chi connectivity index (χ0v) is 15.1. The Labute approximate surface area is 145 Å². The highest BCUT2D eigenvalue weighted by molar-refractivity contribution is 9.10. The molecule has 0 atom stereocenters. The number of methoxy groups -OCH3 is 1. The standard InChI is InChI=1S/C20H19BrO2/c1-13-10-18(23-12-22-3)20(21)14(2)19(13)17-9-8-15-6-4-5-7-16(15)11-17/h4-11H,12H2,1-3H3. The van der Waals surface area contributed by atoms with Gasteiger partial charge < -0.3 is 9.47 Å². The van der Waals surface area contributed by atoms with Crippen LogP contribution in [0.1, 0.15) is 11.1 Å². The predicted octanol–water partition coefficient (Wildman–Crippen LogP) is 5.87. The lowest BCUT2D eigenvalue weighted by Crippen LogP contribution is -2.01. The van der Waals surface area contributed by atoms with E-state index in [-0.39, 0.29) is 6.79 Å². The van der Waals surface area contributed by atoms with E-state index in [9.17, 15) is 0 Å². The van der Waals surface area contributed by atoms with Gasteiger partial charge in [0.1, 0.15) is 5.75 Å². The van der Waals surface area contributed by atoms with E-state index in [0.29, 0.717) is 0 Å². The van der Waals surface area contributed by atoms with Crippen molar-refractivity contribution in [3.63, 3.8) is 0 Å². The monoisotopic (exact) mass is 370 g/mol. The highest BCUT2D eigenvalue weighted by atomic mass is 79.9. The molecule has 0 aliphatic rings. The summed E-state index contributed by atoms with van der Waals surface area (Å²) in [5, 5.41) is 2.50. The van der Waals surface area contributed by atoms with Gasteiger partial charge in [-0.2, -0.15) is 0 Å². The first-order valence-corrected chi connectivity index (χ1v) is 8.31. The Hall–Kier alpha value is -1.84. The van der Waals surface area contributed by atoms with Gasteiger partial charge in [-0.05, 0) is 74.9 Å². The molecule has 118 valence electrons. The van der Waals surface area contributed by atoms with Crippen molar-refractivity contribution in [2.24, 2.45) is 0 Å². The first kappa shape index (κ1) is 16.0. The average molecular weight is 371 g/mol. The van der Waals surface area contributed by atoms with Crippen LogP contribution in [0.3, 0.4) is 0 Å². The van der Waals surface area contributed by atoms with Crippen LogP contribution in [0.2, 0.25) is 0 Å². The first-order valence-electron chi connectivity index (χ1n) is 7.52. The van der Waals surface area contributed by atoms with Crippen LogP contribution in [-0.4, -0.2) is 13.9 Å². The Morgan fingerprint density at radius 3 is 2.43 bits per heavy atom. The van der Waals surface area contributed by atoms with E-state index < -0.39 is 0 Å². The summed E-state index contributed by atoms with van der Waals surface area (Å²) in [7, 11) is 1.62. The van der Waals surface area contributed by atoms with Crippen molar-refractivity contribution >= 4 is 26.7 Å². The summed E-state index contributed by atoms with van der Waals surface area (Å²) in [6.07, 6.45) is 0. The van der Waals surface area contributed by atoms with Gasteiger partial charge in [0.2, 0.25) is 0 Å². The lowest BCUT2D eigenvalue weighted by Gasteiger charge is -2.16. The normalized spacial score (nSPS) is 11.0. The minimum atomic E-state index is 0.243. The molecule has 3 aromatic rings. The van der Waals surface area contributed by atoms with E-state index in [1.807, 2.05) is 0 Å². The Morgan fingerprint density at radius 1 is 0.957 bits per heavy atom. The van der Waals surface area contributed by atoms with Crippen molar-refractivity contribution in [3.8, 4) is 16.9 Å². The number of fused-ring (bicyclic) bond motifs is 1. The van der Waals surface area contributed by atoms with Crippen molar-refractivity contribution in [2.45, 2.75) is 13.8 Å². The molecule has 0 aliphatic carbocycles. The lowest BCUT2D eigenvalue weighted by atomic mass is 9.93. The van der Waals surface area contributed by atoms with Gasteiger partial charge in [0.25, 0.3) is 0 Å². The van der Waals surface area contributed by atoms with E-state index in [4.69, 9.17) is 9.47 Å². The molecule has 0 amide bonds. The molecule has 0 fully saturated rings. The van der Waals surface area contributed by atoms with Gasteiger partial charge in [-0.15, -0.1) is 0 Å². The zero-order chi connectivity index (χ0) is 16.4. The highest BCUT2D eigenvalue weighted by Crippen LogP contribution is 2.39.